The standard InChI is InChI=1S/C22H21NO3/c1-16-11-13-23(14-12-16)22(24)21-19(15-25-17-7-3-2-4-8-17)18-9-5-6-10-20(18)26-21/h2-10H,1,11-15H2. The van der Waals surface area contributed by atoms with Crippen LogP contribution in [0, 0.1) is 0 Å². The van der Waals surface area contributed by atoms with Crippen molar-refractivity contribution in [1.82, 2.24) is 4.90 Å². The topological polar surface area (TPSA) is 42.7 Å². The number of carbonyl (C=O) groups excluding carboxylic acids is 1. The third kappa shape index (κ3) is 3.23. The Labute approximate surface area is 152 Å². The molecule has 1 saturated heterocycles. The minimum Gasteiger partial charge on any atom is -0.489 e. The number of nitrogens with zero attached hydrogens (tertiary/aromatic N) is 1. The summed E-state index contributed by atoms with van der Waals surface area (Å²) in [6, 6.07) is 17.3. The van der Waals surface area contributed by atoms with Crippen LogP contribution < -0.4 is 4.74 Å². The molecule has 1 aliphatic heterocycles. The Kier molecular flexibility index (Phi) is 4.48. The monoisotopic (exact) mass is 347 g/mol. The molecule has 2 aromatic carbocycles. The van der Waals surface area contributed by atoms with Crippen molar-refractivity contribution in [3.8, 4) is 5.75 Å². The molecular formula is C22H21NO3. The first-order valence-electron chi connectivity index (χ1n) is 8.86. The highest BCUT2D eigenvalue weighted by atomic mass is 16.5. The molecule has 4 nitrogen and oxygen atoms in total. The number of benzene rings is 2. The molecule has 2 heterocycles. The highest BCUT2D eigenvalue weighted by Gasteiger charge is 2.27. The van der Waals surface area contributed by atoms with Crippen molar-refractivity contribution in [2.75, 3.05) is 13.1 Å². The van der Waals surface area contributed by atoms with E-state index in [1.165, 1.54) is 5.57 Å². The van der Waals surface area contributed by atoms with Crippen LogP contribution in [0.3, 0.4) is 0 Å². The molecule has 1 aliphatic rings. The fraction of sp³-hybridized carbons (Fsp3) is 0.227. The van der Waals surface area contributed by atoms with Gasteiger partial charge in [0.1, 0.15) is 17.9 Å². The number of likely N-dealkylation sites (tertiary alicyclic amines) is 1. The normalized spacial score (nSPS) is 14.6. The van der Waals surface area contributed by atoms with Gasteiger partial charge in [-0.2, -0.15) is 0 Å². The van der Waals surface area contributed by atoms with Gasteiger partial charge in [-0.05, 0) is 31.0 Å². The molecule has 1 fully saturated rings. The van der Waals surface area contributed by atoms with Crippen molar-refractivity contribution >= 4 is 16.9 Å². The van der Waals surface area contributed by atoms with Crippen LogP contribution in [0.15, 0.2) is 71.2 Å². The lowest BCUT2D eigenvalue weighted by atomic mass is 10.1. The average molecular weight is 347 g/mol. The maximum atomic E-state index is 13.1. The van der Waals surface area contributed by atoms with Crippen molar-refractivity contribution in [3.05, 3.63) is 78.1 Å². The predicted octanol–water partition coefficient (Wildman–Crippen LogP) is 4.80. The van der Waals surface area contributed by atoms with Crippen molar-refractivity contribution in [3.63, 3.8) is 0 Å². The van der Waals surface area contributed by atoms with E-state index < -0.39 is 0 Å². The molecule has 4 rings (SSSR count). The van der Waals surface area contributed by atoms with Crippen molar-refractivity contribution < 1.29 is 13.9 Å². The molecule has 26 heavy (non-hydrogen) atoms. The van der Waals surface area contributed by atoms with E-state index in [9.17, 15) is 4.79 Å². The zero-order valence-electron chi connectivity index (χ0n) is 14.6. The van der Waals surface area contributed by atoms with Crippen LogP contribution in [0.5, 0.6) is 5.75 Å². The molecule has 0 N–H and O–H groups in total. The van der Waals surface area contributed by atoms with E-state index in [-0.39, 0.29) is 5.91 Å². The van der Waals surface area contributed by atoms with Gasteiger partial charge >= 0.3 is 0 Å². The molecule has 3 aromatic rings. The summed E-state index contributed by atoms with van der Waals surface area (Å²) in [4.78, 5) is 14.9. The first-order valence-corrected chi connectivity index (χ1v) is 8.86. The third-order valence-corrected chi connectivity index (χ3v) is 4.78. The lowest BCUT2D eigenvalue weighted by molar-refractivity contribution is 0.0710. The number of fused-ring (bicyclic) bond motifs is 1. The first kappa shape index (κ1) is 16.5. The van der Waals surface area contributed by atoms with Crippen LogP contribution in [-0.2, 0) is 6.61 Å². The Balaban J connectivity index is 1.65. The smallest absolute Gasteiger partial charge is 0.290 e. The molecule has 0 aliphatic carbocycles. The minimum absolute atomic E-state index is 0.0691. The number of piperidine rings is 1. The zero-order valence-corrected chi connectivity index (χ0v) is 14.6. The number of ether oxygens (including phenoxy) is 1. The van der Waals surface area contributed by atoms with Crippen LogP contribution in [0.25, 0.3) is 11.0 Å². The molecule has 0 radical (unpaired) electrons. The quantitative estimate of drug-likeness (QED) is 0.637. The summed E-state index contributed by atoms with van der Waals surface area (Å²) in [6.45, 7) is 5.69. The lowest BCUT2D eigenvalue weighted by Gasteiger charge is -2.27. The van der Waals surface area contributed by atoms with Crippen LogP contribution in [0.1, 0.15) is 29.0 Å². The largest absolute Gasteiger partial charge is 0.489 e. The molecule has 1 aromatic heterocycles. The number of rotatable bonds is 4. The summed E-state index contributed by atoms with van der Waals surface area (Å²) < 4.78 is 11.8. The van der Waals surface area contributed by atoms with Gasteiger partial charge in [0, 0.05) is 24.0 Å². The van der Waals surface area contributed by atoms with E-state index in [1.54, 1.807) is 0 Å². The van der Waals surface area contributed by atoms with Crippen LogP contribution >= 0.6 is 0 Å². The number of amides is 1. The van der Waals surface area contributed by atoms with E-state index in [1.807, 2.05) is 59.5 Å². The van der Waals surface area contributed by atoms with Crippen LogP contribution in [0.2, 0.25) is 0 Å². The summed E-state index contributed by atoms with van der Waals surface area (Å²) in [5.74, 6) is 1.08. The molecular weight excluding hydrogens is 326 g/mol. The Morgan fingerprint density at radius 1 is 1.04 bits per heavy atom. The Bertz CT molecular complexity index is 932. The maximum absolute atomic E-state index is 13.1. The highest BCUT2D eigenvalue weighted by Crippen LogP contribution is 2.29. The van der Waals surface area contributed by atoms with E-state index in [0.717, 1.165) is 29.5 Å². The summed E-state index contributed by atoms with van der Waals surface area (Å²) in [7, 11) is 0. The van der Waals surface area contributed by atoms with E-state index in [0.29, 0.717) is 31.0 Å². The Morgan fingerprint density at radius 3 is 2.50 bits per heavy atom. The van der Waals surface area contributed by atoms with Gasteiger partial charge in [0.25, 0.3) is 5.91 Å². The lowest BCUT2D eigenvalue weighted by Crippen LogP contribution is -2.36. The second-order valence-corrected chi connectivity index (χ2v) is 6.55. The van der Waals surface area contributed by atoms with Crippen molar-refractivity contribution in [2.45, 2.75) is 19.4 Å². The number of hydrogen-bond donors (Lipinski definition) is 0. The van der Waals surface area contributed by atoms with E-state index in [4.69, 9.17) is 9.15 Å². The second kappa shape index (κ2) is 7.08. The predicted molar refractivity (Wildman–Crippen MR) is 101 cm³/mol. The van der Waals surface area contributed by atoms with Gasteiger partial charge in [-0.15, -0.1) is 0 Å². The fourth-order valence-corrected chi connectivity index (χ4v) is 3.26. The van der Waals surface area contributed by atoms with Gasteiger partial charge in [0.2, 0.25) is 0 Å². The van der Waals surface area contributed by atoms with Gasteiger partial charge in [-0.1, -0.05) is 48.6 Å². The fourth-order valence-electron chi connectivity index (χ4n) is 3.26. The van der Waals surface area contributed by atoms with Crippen LogP contribution in [0.4, 0.5) is 0 Å². The Morgan fingerprint density at radius 2 is 1.73 bits per heavy atom. The summed E-state index contributed by atoms with van der Waals surface area (Å²) in [6.07, 6.45) is 1.70. The van der Waals surface area contributed by atoms with Gasteiger partial charge in [-0.3, -0.25) is 4.79 Å². The first-order chi connectivity index (χ1) is 12.7. The highest BCUT2D eigenvalue weighted by molar-refractivity contribution is 5.99. The molecule has 0 bridgehead atoms. The van der Waals surface area contributed by atoms with Crippen LogP contribution in [-0.4, -0.2) is 23.9 Å². The van der Waals surface area contributed by atoms with Gasteiger partial charge in [0.15, 0.2) is 5.76 Å². The third-order valence-electron chi connectivity index (χ3n) is 4.78. The van der Waals surface area contributed by atoms with Gasteiger partial charge < -0.3 is 14.1 Å². The zero-order chi connectivity index (χ0) is 17.9. The number of hydrogen-bond acceptors (Lipinski definition) is 3. The number of carbonyl (C=O) groups is 1. The molecule has 4 heteroatoms. The van der Waals surface area contributed by atoms with E-state index in [2.05, 4.69) is 6.58 Å². The molecule has 0 atom stereocenters. The number of furan rings is 1. The minimum atomic E-state index is -0.0691. The molecule has 0 unspecified atom stereocenters. The molecule has 0 spiro atoms. The summed E-state index contributed by atoms with van der Waals surface area (Å²) >= 11 is 0. The van der Waals surface area contributed by atoms with Gasteiger partial charge in [-0.25, -0.2) is 0 Å². The second-order valence-electron chi connectivity index (χ2n) is 6.55. The van der Waals surface area contributed by atoms with Crippen molar-refractivity contribution in [1.29, 1.82) is 0 Å². The maximum Gasteiger partial charge on any atom is 0.290 e. The van der Waals surface area contributed by atoms with Gasteiger partial charge in [0.05, 0.1) is 0 Å². The van der Waals surface area contributed by atoms with Crippen molar-refractivity contribution in [2.24, 2.45) is 0 Å². The molecule has 1 amide bonds. The molecule has 132 valence electrons. The average Bonchev–Trinajstić information content (AvgIpc) is 3.06. The summed E-state index contributed by atoms with van der Waals surface area (Å²) in [5, 5.41) is 0.924. The van der Waals surface area contributed by atoms with E-state index >= 15 is 0 Å². The summed E-state index contributed by atoms with van der Waals surface area (Å²) in [5.41, 5.74) is 2.72. The molecule has 0 saturated carbocycles. The number of para-hydroxylation sites is 2. The Hall–Kier alpha value is -3.01. The SMILES string of the molecule is C=C1CCN(C(=O)c2oc3ccccc3c2COc2ccccc2)CC1.